The Balaban J connectivity index is 1.58. The molecule has 42 heavy (non-hydrogen) atoms. The molecule has 2 heterocycles. The molecule has 1 saturated heterocycles. The number of rotatable bonds is 14. The standard InChI is InChI=1S/C31H33ClFN5O4/c1-35-12-4-2-3-6-22(39)7-5-8-30(40)38-28-15-24-27(16-29(28)42-23-11-13-41-19-23)36-18-20(17-34)31(24)37-21-9-10-26(33)25(32)14-21/h5,8-10,14-16,18,23,35H,2-4,6-7,11-13,19H2,1H3,(H,36,37)(H,38,40)/b8-5+/t23-/m0/s1. The van der Waals surface area contributed by atoms with Crippen LogP contribution in [0, 0.1) is 17.1 Å². The molecule has 9 nitrogen and oxygen atoms in total. The molecule has 0 bridgehead atoms. The maximum Gasteiger partial charge on any atom is 0.248 e. The SMILES string of the molecule is CNCCCCCC(=O)C/C=C/C(=O)Nc1cc2c(Nc3ccc(F)c(Cl)c3)c(C#N)cnc2cc1O[C@H]1CCOC1. The molecule has 1 aliphatic heterocycles. The highest BCUT2D eigenvalue weighted by Crippen LogP contribution is 2.37. The van der Waals surface area contributed by atoms with E-state index in [2.05, 4.69) is 27.0 Å². The third kappa shape index (κ3) is 8.49. The summed E-state index contributed by atoms with van der Waals surface area (Å²) in [7, 11) is 1.90. The maximum atomic E-state index is 13.7. The Morgan fingerprint density at radius 3 is 2.86 bits per heavy atom. The number of carbonyl (C=O) groups excluding carboxylic acids is 2. The van der Waals surface area contributed by atoms with Crippen LogP contribution in [0.1, 0.15) is 44.1 Å². The monoisotopic (exact) mass is 593 g/mol. The Hall–Kier alpha value is -4.04. The highest BCUT2D eigenvalue weighted by molar-refractivity contribution is 6.31. The summed E-state index contributed by atoms with van der Waals surface area (Å²) in [6.07, 6.45) is 8.27. The second kappa shape index (κ2) is 15.3. The number of hydrogen-bond acceptors (Lipinski definition) is 8. The van der Waals surface area contributed by atoms with Crippen LogP contribution in [-0.4, -0.2) is 49.6 Å². The lowest BCUT2D eigenvalue weighted by Gasteiger charge is -2.18. The summed E-state index contributed by atoms with van der Waals surface area (Å²) < 4.78 is 25.3. The van der Waals surface area contributed by atoms with Crippen LogP contribution in [0.25, 0.3) is 10.9 Å². The first kappa shape index (κ1) is 30.9. The van der Waals surface area contributed by atoms with E-state index in [1.54, 1.807) is 18.2 Å². The van der Waals surface area contributed by atoms with Crippen LogP contribution in [-0.2, 0) is 14.3 Å². The van der Waals surface area contributed by atoms with E-state index in [4.69, 9.17) is 21.1 Å². The summed E-state index contributed by atoms with van der Waals surface area (Å²) in [6, 6.07) is 9.62. The number of ketones is 1. The molecule has 220 valence electrons. The first-order valence-electron chi connectivity index (χ1n) is 13.8. The average molecular weight is 594 g/mol. The highest BCUT2D eigenvalue weighted by atomic mass is 35.5. The van der Waals surface area contributed by atoms with E-state index in [1.807, 2.05) is 7.05 Å². The molecule has 1 atom stereocenters. The second-order valence-corrected chi connectivity index (χ2v) is 10.3. The number of ether oxygens (including phenoxy) is 2. The number of carbonyl (C=O) groups is 2. The number of nitrogens with zero attached hydrogens (tertiary/aromatic N) is 2. The molecular formula is C31H33ClFN5O4. The quantitative estimate of drug-likeness (QED) is 0.152. The van der Waals surface area contributed by atoms with Crippen LogP contribution in [0.4, 0.5) is 21.5 Å². The Morgan fingerprint density at radius 1 is 1.26 bits per heavy atom. The molecular weight excluding hydrogens is 561 g/mol. The van der Waals surface area contributed by atoms with E-state index in [0.29, 0.717) is 59.8 Å². The number of unbranched alkanes of at least 4 members (excludes halogenated alkanes) is 2. The van der Waals surface area contributed by atoms with Crippen LogP contribution in [0.15, 0.2) is 48.7 Å². The van der Waals surface area contributed by atoms with Crippen molar-refractivity contribution in [1.29, 1.82) is 5.26 Å². The molecule has 0 spiro atoms. The zero-order chi connectivity index (χ0) is 29.9. The average Bonchev–Trinajstić information content (AvgIpc) is 3.49. The summed E-state index contributed by atoms with van der Waals surface area (Å²) in [5.41, 5.74) is 1.98. The number of fused-ring (bicyclic) bond motifs is 1. The summed E-state index contributed by atoms with van der Waals surface area (Å²) in [5.74, 6) is -0.534. The van der Waals surface area contributed by atoms with Crippen molar-refractivity contribution in [3.8, 4) is 11.8 Å². The van der Waals surface area contributed by atoms with Gasteiger partial charge in [0.25, 0.3) is 0 Å². The van der Waals surface area contributed by atoms with E-state index in [1.165, 1.54) is 30.5 Å². The van der Waals surface area contributed by atoms with Crippen molar-refractivity contribution in [2.75, 3.05) is 37.4 Å². The number of halogens is 2. The summed E-state index contributed by atoms with van der Waals surface area (Å²) >= 11 is 5.96. The summed E-state index contributed by atoms with van der Waals surface area (Å²) in [4.78, 5) is 29.5. The Bertz CT molecular complexity index is 1500. The topological polar surface area (TPSA) is 125 Å². The smallest absolute Gasteiger partial charge is 0.248 e. The molecule has 0 aliphatic carbocycles. The van der Waals surface area contributed by atoms with Gasteiger partial charge in [-0.15, -0.1) is 0 Å². The minimum Gasteiger partial charge on any atom is -0.486 e. The lowest BCUT2D eigenvalue weighted by atomic mass is 10.1. The highest BCUT2D eigenvalue weighted by Gasteiger charge is 2.21. The number of hydrogen-bond donors (Lipinski definition) is 3. The van der Waals surface area contributed by atoms with Crippen molar-refractivity contribution in [2.24, 2.45) is 0 Å². The van der Waals surface area contributed by atoms with Gasteiger partial charge in [-0.05, 0) is 56.8 Å². The lowest BCUT2D eigenvalue weighted by Crippen LogP contribution is -2.18. The van der Waals surface area contributed by atoms with Gasteiger partial charge in [-0.1, -0.05) is 24.1 Å². The van der Waals surface area contributed by atoms with Gasteiger partial charge in [0.2, 0.25) is 5.91 Å². The van der Waals surface area contributed by atoms with Crippen molar-refractivity contribution in [3.05, 3.63) is 65.1 Å². The van der Waals surface area contributed by atoms with Crippen LogP contribution >= 0.6 is 11.6 Å². The first-order chi connectivity index (χ1) is 20.4. The van der Waals surface area contributed by atoms with Crippen molar-refractivity contribution in [2.45, 2.75) is 44.6 Å². The van der Waals surface area contributed by atoms with E-state index in [0.717, 1.165) is 25.8 Å². The molecule has 1 fully saturated rings. The number of pyridine rings is 1. The van der Waals surface area contributed by atoms with Gasteiger partial charge in [-0.2, -0.15) is 5.26 Å². The molecule has 1 aromatic heterocycles. The van der Waals surface area contributed by atoms with E-state index < -0.39 is 11.7 Å². The molecule has 3 aromatic rings. The Kier molecular flexibility index (Phi) is 11.2. The number of anilines is 3. The second-order valence-electron chi connectivity index (χ2n) is 9.93. The maximum absolute atomic E-state index is 13.7. The minimum atomic E-state index is -0.565. The van der Waals surface area contributed by atoms with Gasteiger partial charge in [-0.25, -0.2) is 4.39 Å². The van der Waals surface area contributed by atoms with E-state index in [9.17, 15) is 19.2 Å². The Labute approximate surface area is 249 Å². The van der Waals surface area contributed by atoms with Crippen molar-refractivity contribution in [3.63, 3.8) is 0 Å². The molecule has 0 saturated carbocycles. The fourth-order valence-electron chi connectivity index (χ4n) is 4.51. The molecule has 4 rings (SSSR count). The van der Waals surface area contributed by atoms with Gasteiger partial charge in [0, 0.05) is 42.6 Å². The van der Waals surface area contributed by atoms with Crippen LogP contribution < -0.4 is 20.7 Å². The number of benzene rings is 2. The van der Waals surface area contributed by atoms with Gasteiger partial charge in [0.15, 0.2) is 0 Å². The van der Waals surface area contributed by atoms with Gasteiger partial charge in [-0.3, -0.25) is 14.6 Å². The van der Waals surface area contributed by atoms with Crippen LogP contribution in [0.2, 0.25) is 5.02 Å². The van der Waals surface area contributed by atoms with Crippen LogP contribution in [0.3, 0.4) is 0 Å². The molecule has 11 heteroatoms. The van der Waals surface area contributed by atoms with E-state index >= 15 is 0 Å². The summed E-state index contributed by atoms with van der Waals surface area (Å²) in [5, 5.41) is 19.3. The van der Waals surface area contributed by atoms with E-state index in [-0.39, 0.29) is 28.9 Å². The van der Waals surface area contributed by atoms with Crippen LogP contribution in [0.5, 0.6) is 5.75 Å². The molecule has 3 N–H and O–H groups in total. The van der Waals surface area contributed by atoms with Gasteiger partial charge >= 0.3 is 0 Å². The zero-order valence-electron chi connectivity index (χ0n) is 23.3. The molecule has 1 amide bonds. The third-order valence-electron chi connectivity index (χ3n) is 6.72. The largest absolute Gasteiger partial charge is 0.486 e. The predicted molar refractivity (Wildman–Crippen MR) is 161 cm³/mol. The van der Waals surface area contributed by atoms with Crippen molar-refractivity contribution >= 4 is 51.3 Å². The first-order valence-corrected chi connectivity index (χ1v) is 14.2. The summed E-state index contributed by atoms with van der Waals surface area (Å²) in [6.45, 7) is 1.92. The predicted octanol–water partition coefficient (Wildman–Crippen LogP) is 6.04. The molecule has 0 radical (unpaired) electrons. The molecule has 2 aromatic carbocycles. The third-order valence-corrected chi connectivity index (χ3v) is 7.00. The number of nitrogens with one attached hydrogen (secondary N) is 3. The molecule has 0 unspecified atom stereocenters. The number of nitriles is 1. The van der Waals surface area contributed by atoms with Gasteiger partial charge in [0.1, 0.15) is 29.5 Å². The van der Waals surface area contributed by atoms with Gasteiger partial charge in [0.05, 0.1) is 40.7 Å². The normalized spacial score (nSPS) is 14.7. The van der Waals surface area contributed by atoms with Gasteiger partial charge < -0.3 is 25.4 Å². The number of Topliss-reactive ketones (excluding diaryl/α,β-unsaturated/α-hetero) is 1. The number of amides is 1. The Morgan fingerprint density at radius 2 is 2.12 bits per heavy atom. The zero-order valence-corrected chi connectivity index (χ0v) is 24.1. The molecule has 1 aliphatic rings. The fraction of sp³-hybridized carbons (Fsp3) is 0.355. The fourth-order valence-corrected chi connectivity index (χ4v) is 4.69. The minimum absolute atomic E-state index is 0.0710. The number of allylic oxidation sites excluding steroid dienone is 1. The number of aromatic nitrogens is 1. The lowest BCUT2D eigenvalue weighted by molar-refractivity contribution is -0.118. The van der Waals surface area contributed by atoms with Crippen molar-refractivity contribution < 1.29 is 23.5 Å². The van der Waals surface area contributed by atoms with Crippen molar-refractivity contribution in [1.82, 2.24) is 10.3 Å².